The van der Waals surface area contributed by atoms with Gasteiger partial charge in [-0.2, -0.15) is 11.8 Å². The van der Waals surface area contributed by atoms with E-state index in [0.717, 1.165) is 29.5 Å². The van der Waals surface area contributed by atoms with Gasteiger partial charge in [-0.3, -0.25) is 0 Å². The van der Waals surface area contributed by atoms with Gasteiger partial charge in [-0.25, -0.2) is 0 Å². The first-order chi connectivity index (χ1) is 7.13. The molecule has 0 amide bonds. The molecule has 0 aromatic heterocycles. The third-order valence-electron chi connectivity index (χ3n) is 3.52. The van der Waals surface area contributed by atoms with Gasteiger partial charge in [-0.1, -0.05) is 27.2 Å². The Bertz CT molecular complexity index is 170. The van der Waals surface area contributed by atoms with Crippen molar-refractivity contribution < 1.29 is 0 Å². The Hall–Kier alpha value is 0.310. The van der Waals surface area contributed by atoms with E-state index in [1.807, 2.05) is 0 Å². The normalized spacial score (nSPS) is 32.2. The number of hydrogen-bond acceptors (Lipinski definition) is 2. The van der Waals surface area contributed by atoms with E-state index < -0.39 is 0 Å². The molecule has 1 rings (SSSR count). The maximum atomic E-state index is 5.86. The molecule has 2 heteroatoms. The zero-order chi connectivity index (χ0) is 11.3. The van der Waals surface area contributed by atoms with Crippen LogP contribution in [0.15, 0.2) is 0 Å². The molecule has 1 aliphatic rings. The smallest absolute Gasteiger partial charge is 0.00898 e. The van der Waals surface area contributed by atoms with Crippen molar-refractivity contribution >= 4 is 11.8 Å². The fraction of sp³-hybridized carbons (Fsp3) is 1.00. The summed E-state index contributed by atoms with van der Waals surface area (Å²) in [5.74, 6) is 3.88. The van der Waals surface area contributed by atoms with E-state index in [9.17, 15) is 0 Å². The predicted molar refractivity (Wildman–Crippen MR) is 71.3 cm³/mol. The Balaban J connectivity index is 2.28. The van der Waals surface area contributed by atoms with Gasteiger partial charge in [0.05, 0.1) is 0 Å². The van der Waals surface area contributed by atoms with Crippen molar-refractivity contribution in [2.45, 2.75) is 51.7 Å². The van der Waals surface area contributed by atoms with Crippen LogP contribution in [0.4, 0.5) is 0 Å². The van der Waals surface area contributed by atoms with E-state index in [0.29, 0.717) is 0 Å². The van der Waals surface area contributed by atoms with Crippen molar-refractivity contribution in [3.05, 3.63) is 0 Å². The summed E-state index contributed by atoms with van der Waals surface area (Å²) in [5, 5.41) is 0.845. The highest BCUT2D eigenvalue weighted by Gasteiger charge is 2.27. The topological polar surface area (TPSA) is 26.0 Å². The van der Waals surface area contributed by atoms with Crippen LogP contribution in [-0.2, 0) is 0 Å². The van der Waals surface area contributed by atoms with Crippen LogP contribution in [0.1, 0.15) is 46.5 Å². The second kappa shape index (κ2) is 6.80. The molecule has 0 aromatic carbocycles. The van der Waals surface area contributed by atoms with Crippen LogP contribution in [-0.4, -0.2) is 17.5 Å². The zero-order valence-corrected chi connectivity index (χ0v) is 11.4. The molecule has 0 aliphatic heterocycles. The van der Waals surface area contributed by atoms with Crippen molar-refractivity contribution in [1.82, 2.24) is 0 Å². The van der Waals surface area contributed by atoms with Crippen LogP contribution >= 0.6 is 11.8 Å². The number of hydrogen-bond donors (Lipinski definition) is 1. The van der Waals surface area contributed by atoms with Gasteiger partial charge in [0.25, 0.3) is 0 Å². The van der Waals surface area contributed by atoms with Crippen LogP contribution in [0.3, 0.4) is 0 Å². The molecule has 0 bridgehead atoms. The van der Waals surface area contributed by atoms with E-state index in [1.54, 1.807) is 0 Å². The Morgan fingerprint density at radius 1 is 1.33 bits per heavy atom. The van der Waals surface area contributed by atoms with Crippen molar-refractivity contribution in [2.75, 3.05) is 12.3 Å². The Morgan fingerprint density at radius 2 is 2.07 bits per heavy atom. The first kappa shape index (κ1) is 13.4. The Morgan fingerprint density at radius 3 is 2.67 bits per heavy atom. The third-order valence-corrected chi connectivity index (χ3v) is 5.00. The molecule has 15 heavy (non-hydrogen) atoms. The van der Waals surface area contributed by atoms with Gasteiger partial charge >= 0.3 is 0 Å². The number of nitrogens with two attached hydrogens (primary N) is 1. The summed E-state index contributed by atoms with van der Waals surface area (Å²) in [6, 6.07) is 0. The SMILES string of the molecule is CC(C)CCSC1CC(C)CCC1CN. The third kappa shape index (κ3) is 4.78. The summed E-state index contributed by atoms with van der Waals surface area (Å²) in [4.78, 5) is 0. The van der Waals surface area contributed by atoms with Gasteiger partial charge in [-0.15, -0.1) is 0 Å². The molecule has 1 aliphatic carbocycles. The number of thioether (sulfide) groups is 1. The van der Waals surface area contributed by atoms with E-state index in [2.05, 4.69) is 32.5 Å². The lowest BCUT2D eigenvalue weighted by Gasteiger charge is -2.34. The molecule has 2 N–H and O–H groups in total. The molecule has 0 saturated heterocycles. The molecule has 0 aromatic rings. The summed E-state index contributed by atoms with van der Waals surface area (Å²) in [6.45, 7) is 7.91. The average molecular weight is 229 g/mol. The van der Waals surface area contributed by atoms with Gasteiger partial charge in [0.15, 0.2) is 0 Å². The lowest BCUT2D eigenvalue weighted by molar-refractivity contribution is 0.306. The predicted octanol–water partition coefficient (Wildman–Crippen LogP) is 3.53. The maximum absolute atomic E-state index is 5.86. The van der Waals surface area contributed by atoms with Crippen molar-refractivity contribution in [1.29, 1.82) is 0 Å². The largest absolute Gasteiger partial charge is 0.330 e. The highest BCUT2D eigenvalue weighted by molar-refractivity contribution is 7.99. The molecule has 1 nitrogen and oxygen atoms in total. The molecule has 0 radical (unpaired) electrons. The van der Waals surface area contributed by atoms with Crippen molar-refractivity contribution in [3.8, 4) is 0 Å². The maximum Gasteiger partial charge on any atom is 0.00898 e. The zero-order valence-electron chi connectivity index (χ0n) is 10.5. The molecular formula is C13H27NS. The molecule has 0 spiro atoms. The van der Waals surface area contributed by atoms with Crippen LogP contribution in [0.25, 0.3) is 0 Å². The molecule has 1 saturated carbocycles. The van der Waals surface area contributed by atoms with E-state index in [4.69, 9.17) is 5.73 Å². The van der Waals surface area contributed by atoms with E-state index >= 15 is 0 Å². The van der Waals surface area contributed by atoms with E-state index in [-0.39, 0.29) is 0 Å². The Kier molecular flexibility index (Phi) is 6.06. The minimum atomic E-state index is 0.790. The van der Waals surface area contributed by atoms with Crippen LogP contribution in [0.5, 0.6) is 0 Å². The van der Waals surface area contributed by atoms with Gasteiger partial charge < -0.3 is 5.73 Å². The molecule has 1 fully saturated rings. The Labute approximate surface area is 99.6 Å². The fourth-order valence-electron chi connectivity index (χ4n) is 2.32. The average Bonchev–Trinajstić information content (AvgIpc) is 2.17. The summed E-state index contributed by atoms with van der Waals surface area (Å²) in [6.07, 6.45) is 5.50. The summed E-state index contributed by atoms with van der Waals surface area (Å²) in [7, 11) is 0. The highest BCUT2D eigenvalue weighted by Crippen LogP contribution is 2.36. The standard InChI is InChI=1S/C13H27NS/c1-10(2)6-7-15-13-8-11(3)4-5-12(13)9-14/h10-13H,4-9,14H2,1-3H3. The fourth-order valence-corrected chi connectivity index (χ4v) is 4.21. The van der Waals surface area contributed by atoms with Crippen LogP contribution in [0.2, 0.25) is 0 Å². The summed E-state index contributed by atoms with van der Waals surface area (Å²) in [5.41, 5.74) is 5.86. The minimum absolute atomic E-state index is 0.790. The van der Waals surface area contributed by atoms with Crippen LogP contribution in [0, 0.1) is 17.8 Å². The highest BCUT2D eigenvalue weighted by atomic mass is 32.2. The quantitative estimate of drug-likeness (QED) is 0.780. The summed E-state index contributed by atoms with van der Waals surface area (Å²) < 4.78 is 0. The van der Waals surface area contributed by atoms with E-state index in [1.165, 1.54) is 31.4 Å². The minimum Gasteiger partial charge on any atom is -0.330 e. The monoisotopic (exact) mass is 229 g/mol. The van der Waals surface area contributed by atoms with Gasteiger partial charge in [0.2, 0.25) is 0 Å². The van der Waals surface area contributed by atoms with Gasteiger partial charge in [0.1, 0.15) is 0 Å². The first-order valence-electron chi connectivity index (χ1n) is 6.45. The lowest BCUT2D eigenvalue weighted by Crippen LogP contribution is -2.32. The first-order valence-corrected chi connectivity index (χ1v) is 7.50. The molecular weight excluding hydrogens is 202 g/mol. The lowest BCUT2D eigenvalue weighted by atomic mass is 9.82. The van der Waals surface area contributed by atoms with Crippen molar-refractivity contribution in [2.24, 2.45) is 23.5 Å². The molecule has 90 valence electrons. The molecule has 0 heterocycles. The molecule has 3 atom stereocenters. The summed E-state index contributed by atoms with van der Waals surface area (Å²) >= 11 is 2.18. The molecule has 3 unspecified atom stereocenters. The second-order valence-electron chi connectivity index (χ2n) is 5.51. The number of rotatable bonds is 5. The van der Waals surface area contributed by atoms with Gasteiger partial charge in [0, 0.05) is 5.25 Å². The van der Waals surface area contributed by atoms with Gasteiger partial charge in [-0.05, 0) is 49.3 Å². The van der Waals surface area contributed by atoms with Crippen molar-refractivity contribution in [3.63, 3.8) is 0 Å². The second-order valence-corrected chi connectivity index (χ2v) is 6.85. The van der Waals surface area contributed by atoms with Crippen LogP contribution < -0.4 is 5.73 Å².